The zero-order chi connectivity index (χ0) is 32.3. The molecule has 0 radical (unpaired) electrons. The number of aliphatic carboxylic acids is 3. The summed E-state index contributed by atoms with van der Waals surface area (Å²) in [7, 11) is 0. The van der Waals surface area contributed by atoms with E-state index in [1.165, 1.54) is 83.5 Å². The topological polar surface area (TPSA) is 115 Å². The lowest BCUT2D eigenvalue weighted by Gasteiger charge is -2.52. The quantitative estimate of drug-likeness (QED) is 0.0463. The Morgan fingerprint density at radius 1 is 0.535 bits per heavy atom. The molecular formula is C36H67NO6. The van der Waals surface area contributed by atoms with Crippen LogP contribution in [0.4, 0.5) is 0 Å². The van der Waals surface area contributed by atoms with Gasteiger partial charge in [-0.05, 0) is 51.4 Å². The van der Waals surface area contributed by atoms with Crippen molar-refractivity contribution in [1.29, 1.82) is 0 Å². The molecule has 0 rings (SSSR count). The lowest BCUT2D eigenvalue weighted by Crippen LogP contribution is -2.74. The van der Waals surface area contributed by atoms with Crippen molar-refractivity contribution in [3.8, 4) is 0 Å². The molecule has 0 aromatic rings. The number of carbonyl (C=O) groups is 3. The van der Waals surface area contributed by atoms with E-state index >= 15 is 0 Å². The smallest absolute Gasteiger partial charge is 0.362 e. The Bertz CT molecular complexity index is 692. The monoisotopic (exact) mass is 609 g/mol. The van der Waals surface area contributed by atoms with Crippen LogP contribution in [0.3, 0.4) is 0 Å². The first kappa shape index (κ1) is 41.1. The van der Waals surface area contributed by atoms with E-state index in [9.17, 15) is 29.7 Å². The second-order valence-electron chi connectivity index (χ2n) is 12.6. The van der Waals surface area contributed by atoms with Gasteiger partial charge in [0.1, 0.15) is 6.04 Å². The van der Waals surface area contributed by atoms with Crippen LogP contribution in [-0.2, 0) is 14.4 Å². The van der Waals surface area contributed by atoms with Gasteiger partial charge in [0.05, 0.1) is 12.5 Å². The fourth-order valence-electron chi connectivity index (χ4n) is 6.80. The van der Waals surface area contributed by atoms with Crippen molar-refractivity contribution in [3.05, 3.63) is 12.2 Å². The van der Waals surface area contributed by atoms with Crippen LogP contribution < -0.4 is 5.11 Å². The van der Waals surface area contributed by atoms with Gasteiger partial charge in [-0.25, -0.2) is 9.59 Å². The van der Waals surface area contributed by atoms with Crippen LogP contribution in [-0.4, -0.2) is 57.3 Å². The summed E-state index contributed by atoms with van der Waals surface area (Å²) in [4.78, 5) is 37.6. The molecule has 0 aliphatic heterocycles. The predicted octanol–water partition coefficient (Wildman–Crippen LogP) is 8.44. The highest BCUT2D eigenvalue weighted by molar-refractivity contribution is 5.77. The third-order valence-corrected chi connectivity index (χ3v) is 9.08. The van der Waals surface area contributed by atoms with Gasteiger partial charge >= 0.3 is 11.9 Å². The number of carbonyl (C=O) groups excluding carboxylic acids is 1. The molecule has 3 unspecified atom stereocenters. The van der Waals surface area contributed by atoms with Crippen molar-refractivity contribution in [2.24, 2.45) is 0 Å². The molecule has 7 heteroatoms. The summed E-state index contributed by atoms with van der Waals surface area (Å²) in [5.41, 5.74) is 0. The highest BCUT2D eigenvalue weighted by atomic mass is 16.4. The lowest BCUT2D eigenvalue weighted by molar-refractivity contribution is -0.975. The van der Waals surface area contributed by atoms with E-state index in [2.05, 4.69) is 19.1 Å². The van der Waals surface area contributed by atoms with Crippen molar-refractivity contribution < 1.29 is 34.2 Å². The molecule has 7 nitrogen and oxygen atoms in total. The van der Waals surface area contributed by atoms with E-state index in [4.69, 9.17) is 0 Å². The zero-order valence-electron chi connectivity index (χ0n) is 28.3. The number of unbranched alkanes of at least 4 members (excludes halogenated alkanes) is 15. The lowest BCUT2D eigenvalue weighted by atomic mass is 9.91. The first-order valence-corrected chi connectivity index (χ1v) is 17.9. The fraction of sp³-hybridized carbons (Fsp3) is 0.861. The van der Waals surface area contributed by atoms with E-state index in [-0.39, 0.29) is 25.8 Å². The number of carboxylic acids is 3. The van der Waals surface area contributed by atoms with Crippen molar-refractivity contribution >= 4 is 17.9 Å². The number of hydrogen-bond acceptors (Lipinski definition) is 4. The standard InChI is InChI=1S/C36H67NO6/c1-5-9-10-11-12-13-14-15-16-17-18-19-20-21-22-23-24-25-26-30-37(31(27-6-2)34(38)39,32(28-7-3)35(40)41)33(29-8-4)36(42)43/h13-14,31-33H,5-12,15-30H2,1-4H3,(H2-,38,39,40,41,42,43)/b14-13+. The van der Waals surface area contributed by atoms with E-state index in [0.717, 1.165) is 19.3 Å². The van der Waals surface area contributed by atoms with E-state index in [1.807, 2.05) is 20.8 Å². The first-order valence-electron chi connectivity index (χ1n) is 17.9. The first-order chi connectivity index (χ1) is 20.7. The average molecular weight is 610 g/mol. The Morgan fingerprint density at radius 3 is 1.23 bits per heavy atom. The number of carboxylic acid groups (broad SMARTS) is 3. The molecule has 0 saturated carbocycles. The van der Waals surface area contributed by atoms with Gasteiger partial charge in [-0.2, -0.15) is 0 Å². The predicted molar refractivity (Wildman–Crippen MR) is 175 cm³/mol. The summed E-state index contributed by atoms with van der Waals surface area (Å²) >= 11 is 0. The van der Waals surface area contributed by atoms with Crippen molar-refractivity contribution in [1.82, 2.24) is 0 Å². The number of nitrogens with zero attached hydrogens (tertiary/aromatic N) is 1. The van der Waals surface area contributed by atoms with Gasteiger partial charge in [0, 0.05) is 19.3 Å². The summed E-state index contributed by atoms with van der Waals surface area (Å²) in [5, 5.41) is 33.0. The number of rotatable bonds is 31. The SMILES string of the molecule is CCCCCC/C=C/CCCCCCCCCCCCC[N+](C(CCC)C(=O)[O-])(C(CCC)C(=O)O)C(CCC)C(=O)O. The van der Waals surface area contributed by atoms with Gasteiger partial charge in [0.25, 0.3) is 0 Å². The molecule has 2 N–H and O–H groups in total. The van der Waals surface area contributed by atoms with Crippen LogP contribution in [0.15, 0.2) is 12.2 Å². The van der Waals surface area contributed by atoms with Crippen molar-refractivity contribution in [2.75, 3.05) is 6.54 Å². The Balaban J connectivity index is 4.82. The Labute approximate surface area is 264 Å². The van der Waals surface area contributed by atoms with Crippen molar-refractivity contribution in [2.45, 2.75) is 193 Å². The molecule has 0 saturated heterocycles. The Kier molecular flexibility index (Phi) is 25.3. The molecule has 0 aromatic carbocycles. The minimum Gasteiger partial charge on any atom is -0.544 e. The zero-order valence-corrected chi connectivity index (χ0v) is 28.3. The normalized spacial score (nSPS) is 15.3. The van der Waals surface area contributed by atoms with Gasteiger partial charge < -0.3 is 20.1 Å². The molecule has 0 amide bonds. The van der Waals surface area contributed by atoms with Crippen LogP contribution in [0.25, 0.3) is 0 Å². The van der Waals surface area contributed by atoms with Crippen LogP contribution >= 0.6 is 0 Å². The molecule has 0 heterocycles. The van der Waals surface area contributed by atoms with Gasteiger partial charge in [-0.3, -0.25) is 4.48 Å². The molecule has 0 aliphatic carbocycles. The summed E-state index contributed by atoms with van der Waals surface area (Å²) in [6.45, 7) is 8.06. The van der Waals surface area contributed by atoms with E-state index in [1.54, 1.807) is 0 Å². The second-order valence-corrected chi connectivity index (χ2v) is 12.6. The van der Waals surface area contributed by atoms with Crippen molar-refractivity contribution in [3.63, 3.8) is 0 Å². The van der Waals surface area contributed by atoms with E-state index < -0.39 is 40.5 Å². The number of allylic oxidation sites excluding steroid dienone is 2. The number of hydrogen-bond donors (Lipinski definition) is 2. The Morgan fingerprint density at radius 2 is 0.884 bits per heavy atom. The molecule has 3 atom stereocenters. The van der Waals surface area contributed by atoms with Crippen LogP contribution in [0.5, 0.6) is 0 Å². The van der Waals surface area contributed by atoms with Crippen LogP contribution in [0, 0.1) is 0 Å². The minimum absolute atomic E-state index is 0.207. The second kappa shape index (κ2) is 26.5. The molecular weight excluding hydrogens is 542 g/mol. The van der Waals surface area contributed by atoms with Gasteiger partial charge in [0.15, 0.2) is 12.1 Å². The summed E-state index contributed by atoms with van der Waals surface area (Å²) < 4.78 is -0.433. The van der Waals surface area contributed by atoms with Gasteiger partial charge in [-0.15, -0.1) is 0 Å². The average Bonchev–Trinajstić information content (AvgIpc) is 2.97. The highest BCUT2D eigenvalue weighted by Crippen LogP contribution is 2.34. The van der Waals surface area contributed by atoms with Crippen LogP contribution in [0.2, 0.25) is 0 Å². The third kappa shape index (κ3) is 16.7. The van der Waals surface area contributed by atoms with E-state index in [0.29, 0.717) is 25.7 Å². The molecule has 43 heavy (non-hydrogen) atoms. The molecule has 252 valence electrons. The minimum atomic E-state index is -1.33. The van der Waals surface area contributed by atoms with Gasteiger partial charge in [0.2, 0.25) is 0 Å². The molecule has 0 aromatic heterocycles. The molecule has 0 fully saturated rings. The summed E-state index contributed by atoms with van der Waals surface area (Å²) in [6, 6.07) is -3.32. The molecule has 0 bridgehead atoms. The largest absolute Gasteiger partial charge is 0.544 e. The fourth-order valence-corrected chi connectivity index (χ4v) is 6.80. The Hall–Kier alpha value is -1.89. The summed E-state index contributed by atoms with van der Waals surface area (Å²) in [6.07, 6.45) is 27.1. The van der Waals surface area contributed by atoms with Crippen LogP contribution in [0.1, 0.15) is 175 Å². The maximum absolute atomic E-state index is 12.6. The molecule has 0 aliphatic rings. The molecule has 0 spiro atoms. The number of quaternary nitrogens is 1. The third-order valence-electron chi connectivity index (χ3n) is 9.08. The maximum atomic E-state index is 12.6. The van der Waals surface area contributed by atoms with Gasteiger partial charge in [-0.1, -0.05) is 117 Å². The highest BCUT2D eigenvalue weighted by Gasteiger charge is 2.54. The summed E-state index contributed by atoms with van der Waals surface area (Å²) in [5.74, 6) is -3.55. The maximum Gasteiger partial charge on any atom is 0.362 e.